The first-order chi connectivity index (χ1) is 7.74. The first-order valence-electron chi connectivity index (χ1n) is 4.63. The minimum atomic E-state index is -0.656. The van der Waals surface area contributed by atoms with Crippen LogP contribution in [-0.4, -0.2) is 12.9 Å². The summed E-state index contributed by atoms with van der Waals surface area (Å²) >= 11 is 0. The molecule has 1 aromatic heterocycles. The van der Waals surface area contributed by atoms with Crippen LogP contribution in [0.1, 0.15) is 15.9 Å². The van der Waals surface area contributed by atoms with Gasteiger partial charge >= 0.3 is 0 Å². The van der Waals surface area contributed by atoms with Crippen LogP contribution in [0.4, 0.5) is 4.39 Å². The smallest absolute Gasteiger partial charge is 0.199 e. The van der Waals surface area contributed by atoms with Crippen LogP contribution in [0.25, 0.3) is 0 Å². The second-order valence-corrected chi connectivity index (χ2v) is 3.16. The third kappa shape index (κ3) is 1.69. The Balaban J connectivity index is 2.45. The summed E-state index contributed by atoms with van der Waals surface area (Å²) in [5.41, 5.74) is 0.285. The molecule has 0 amide bonds. The van der Waals surface area contributed by atoms with Gasteiger partial charge in [-0.1, -0.05) is 6.07 Å². The predicted molar refractivity (Wildman–Crippen MR) is 55.1 cm³/mol. The van der Waals surface area contributed by atoms with Crippen molar-refractivity contribution in [1.29, 1.82) is 0 Å². The monoisotopic (exact) mass is 220 g/mol. The molecule has 0 unspecified atom stereocenters. The average molecular weight is 220 g/mol. The number of furan rings is 1. The van der Waals surface area contributed by atoms with E-state index in [0.29, 0.717) is 5.56 Å². The SMILES string of the molecule is COc1cccc(C(=O)c2ccoc2)c1F. The van der Waals surface area contributed by atoms with Crippen LogP contribution in [0.5, 0.6) is 5.75 Å². The van der Waals surface area contributed by atoms with Crippen molar-refractivity contribution in [3.8, 4) is 5.75 Å². The molecular weight excluding hydrogens is 211 g/mol. The van der Waals surface area contributed by atoms with Gasteiger partial charge in [-0.25, -0.2) is 4.39 Å². The van der Waals surface area contributed by atoms with Gasteiger partial charge in [-0.3, -0.25) is 4.79 Å². The Morgan fingerprint density at radius 3 is 2.81 bits per heavy atom. The molecule has 3 nitrogen and oxygen atoms in total. The van der Waals surface area contributed by atoms with Crippen LogP contribution in [0, 0.1) is 5.82 Å². The highest BCUT2D eigenvalue weighted by Gasteiger charge is 2.17. The number of carbonyl (C=O) groups excluding carboxylic acids is 1. The quantitative estimate of drug-likeness (QED) is 0.746. The third-order valence-corrected chi connectivity index (χ3v) is 2.21. The zero-order valence-electron chi connectivity index (χ0n) is 8.57. The Morgan fingerprint density at radius 2 is 2.19 bits per heavy atom. The van der Waals surface area contributed by atoms with Crippen LogP contribution in [0.2, 0.25) is 0 Å². The van der Waals surface area contributed by atoms with Gasteiger partial charge in [-0.2, -0.15) is 0 Å². The van der Waals surface area contributed by atoms with Crippen molar-refractivity contribution in [1.82, 2.24) is 0 Å². The van der Waals surface area contributed by atoms with Gasteiger partial charge in [0.25, 0.3) is 0 Å². The van der Waals surface area contributed by atoms with E-state index in [1.54, 1.807) is 6.07 Å². The minimum Gasteiger partial charge on any atom is -0.494 e. The van der Waals surface area contributed by atoms with E-state index in [-0.39, 0.29) is 11.3 Å². The third-order valence-electron chi connectivity index (χ3n) is 2.21. The molecule has 0 N–H and O–H groups in total. The number of hydrogen-bond donors (Lipinski definition) is 0. The van der Waals surface area contributed by atoms with Crippen molar-refractivity contribution >= 4 is 5.78 Å². The van der Waals surface area contributed by atoms with E-state index < -0.39 is 11.6 Å². The number of halogens is 1. The molecule has 0 atom stereocenters. The van der Waals surface area contributed by atoms with Crippen LogP contribution in [0.3, 0.4) is 0 Å². The Morgan fingerprint density at radius 1 is 1.38 bits per heavy atom. The Hall–Kier alpha value is -2.10. The van der Waals surface area contributed by atoms with E-state index in [4.69, 9.17) is 9.15 Å². The molecule has 0 spiro atoms. The summed E-state index contributed by atoms with van der Waals surface area (Å²) in [6.45, 7) is 0. The van der Waals surface area contributed by atoms with Gasteiger partial charge in [0.2, 0.25) is 0 Å². The van der Waals surface area contributed by atoms with Gasteiger partial charge in [0, 0.05) is 0 Å². The zero-order chi connectivity index (χ0) is 11.5. The highest BCUT2D eigenvalue weighted by atomic mass is 19.1. The van der Waals surface area contributed by atoms with Gasteiger partial charge in [0.15, 0.2) is 17.3 Å². The van der Waals surface area contributed by atoms with E-state index in [9.17, 15) is 9.18 Å². The lowest BCUT2D eigenvalue weighted by atomic mass is 10.1. The van der Waals surface area contributed by atoms with E-state index in [1.807, 2.05) is 0 Å². The summed E-state index contributed by atoms with van der Waals surface area (Å²) in [4.78, 5) is 11.8. The summed E-state index contributed by atoms with van der Waals surface area (Å²) in [5, 5.41) is 0. The summed E-state index contributed by atoms with van der Waals surface area (Å²) in [7, 11) is 1.35. The number of carbonyl (C=O) groups is 1. The lowest BCUT2D eigenvalue weighted by Gasteiger charge is -2.05. The van der Waals surface area contributed by atoms with Crippen molar-refractivity contribution in [2.24, 2.45) is 0 Å². The number of ether oxygens (including phenoxy) is 1. The Labute approximate surface area is 91.5 Å². The highest BCUT2D eigenvalue weighted by Crippen LogP contribution is 2.22. The fraction of sp³-hybridized carbons (Fsp3) is 0.0833. The maximum absolute atomic E-state index is 13.7. The molecule has 1 heterocycles. The molecule has 2 aromatic rings. The molecule has 0 saturated heterocycles. The van der Waals surface area contributed by atoms with Gasteiger partial charge in [0.1, 0.15) is 6.26 Å². The normalized spacial score (nSPS) is 10.1. The van der Waals surface area contributed by atoms with E-state index in [2.05, 4.69) is 0 Å². The topological polar surface area (TPSA) is 39.4 Å². The predicted octanol–water partition coefficient (Wildman–Crippen LogP) is 2.66. The summed E-state index contributed by atoms with van der Waals surface area (Å²) < 4.78 is 23.3. The number of methoxy groups -OCH3 is 1. The molecular formula is C12H9FO3. The van der Waals surface area contributed by atoms with Crippen LogP contribution >= 0.6 is 0 Å². The molecule has 0 fully saturated rings. The molecule has 0 aliphatic rings. The van der Waals surface area contributed by atoms with Gasteiger partial charge in [0.05, 0.1) is 24.5 Å². The van der Waals surface area contributed by atoms with Crippen molar-refractivity contribution in [3.63, 3.8) is 0 Å². The summed E-state index contributed by atoms with van der Waals surface area (Å²) in [6, 6.07) is 5.92. The fourth-order valence-corrected chi connectivity index (χ4v) is 1.39. The molecule has 16 heavy (non-hydrogen) atoms. The molecule has 0 aliphatic carbocycles. The molecule has 0 saturated carbocycles. The first kappa shape index (κ1) is 10.4. The second-order valence-electron chi connectivity index (χ2n) is 3.16. The Bertz CT molecular complexity index is 503. The molecule has 0 bridgehead atoms. The molecule has 82 valence electrons. The number of rotatable bonds is 3. The van der Waals surface area contributed by atoms with E-state index in [0.717, 1.165) is 0 Å². The second kappa shape index (κ2) is 4.18. The Kier molecular flexibility index (Phi) is 2.72. The summed E-state index contributed by atoms with van der Waals surface area (Å²) in [5.74, 6) is -1.03. The zero-order valence-corrected chi connectivity index (χ0v) is 8.57. The standard InChI is InChI=1S/C12H9FO3/c1-15-10-4-2-3-9(11(10)13)12(14)8-5-6-16-7-8/h2-7H,1H3. The molecule has 0 aliphatic heterocycles. The lowest BCUT2D eigenvalue weighted by molar-refractivity contribution is 0.103. The first-order valence-corrected chi connectivity index (χ1v) is 4.63. The highest BCUT2D eigenvalue weighted by molar-refractivity contribution is 6.09. The van der Waals surface area contributed by atoms with Gasteiger partial charge in [-0.05, 0) is 18.2 Å². The number of hydrogen-bond acceptors (Lipinski definition) is 3. The van der Waals surface area contributed by atoms with Crippen molar-refractivity contribution in [3.05, 3.63) is 53.7 Å². The molecule has 2 rings (SSSR count). The van der Waals surface area contributed by atoms with E-state index >= 15 is 0 Å². The molecule has 1 aromatic carbocycles. The lowest BCUT2D eigenvalue weighted by Crippen LogP contribution is -2.04. The van der Waals surface area contributed by atoms with Crippen LogP contribution in [0.15, 0.2) is 41.2 Å². The van der Waals surface area contributed by atoms with Crippen LogP contribution < -0.4 is 4.74 Å². The number of ketones is 1. The van der Waals surface area contributed by atoms with Crippen LogP contribution in [-0.2, 0) is 0 Å². The molecule has 4 heteroatoms. The van der Waals surface area contributed by atoms with E-state index in [1.165, 1.54) is 37.8 Å². The summed E-state index contributed by atoms with van der Waals surface area (Å²) in [6.07, 6.45) is 2.65. The van der Waals surface area contributed by atoms with Crippen molar-refractivity contribution < 1.29 is 18.3 Å². The fourth-order valence-electron chi connectivity index (χ4n) is 1.39. The van der Waals surface area contributed by atoms with Gasteiger partial charge in [-0.15, -0.1) is 0 Å². The largest absolute Gasteiger partial charge is 0.494 e. The van der Waals surface area contributed by atoms with Crippen molar-refractivity contribution in [2.45, 2.75) is 0 Å². The average Bonchev–Trinajstić information content (AvgIpc) is 2.82. The minimum absolute atomic E-state index is 0.0271. The van der Waals surface area contributed by atoms with Gasteiger partial charge < -0.3 is 9.15 Å². The van der Waals surface area contributed by atoms with Crippen molar-refractivity contribution in [2.75, 3.05) is 7.11 Å². The molecule has 0 radical (unpaired) electrons. The maximum atomic E-state index is 13.7. The number of benzene rings is 1. The maximum Gasteiger partial charge on any atom is 0.199 e.